The van der Waals surface area contributed by atoms with Gasteiger partial charge in [0, 0.05) is 12.2 Å². The number of fused-ring (bicyclic) bond motifs is 1. The van der Waals surface area contributed by atoms with Gasteiger partial charge >= 0.3 is 0 Å². The maximum atomic E-state index is 12.6. The molecule has 4 rings (SSSR count). The van der Waals surface area contributed by atoms with Crippen molar-refractivity contribution >= 4 is 35.3 Å². The molecule has 1 saturated heterocycles. The van der Waals surface area contributed by atoms with Crippen molar-refractivity contribution in [3.8, 4) is 11.4 Å². The number of ether oxygens (including phenoxy) is 1. The van der Waals surface area contributed by atoms with E-state index < -0.39 is 0 Å². The van der Waals surface area contributed by atoms with Gasteiger partial charge in [-0.1, -0.05) is 12.1 Å². The lowest BCUT2D eigenvalue weighted by Gasteiger charge is -2.13. The number of hydrogen-bond acceptors (Lipinski definition) is 4. The fourth-order valence-corrected chi connectivity index (χ4v) is 3.19. The predicted molar refractivity (Wildman–Crippen MR) is 104 cm³/mol. The van der Waals surface area contributed by atoms with Gasteiger partial charge in [-0.25, -0.2) is 4.98 Å². The second kappa shape index (κ2) is 7.76. The van der Waals surface area contributed by atoms with E-state index in [1.165, 1.54) is 0 Å². The molecule has 1 unspecified atom stereocenters. The topological polar surface area (TPSA) is 68.2 Å². The van der Waals surface area contributed by atoms with Gasteiger partial charge in [0.2, 0.25) is 11.9 Å². The van der Waals surface area contributed by atoms with E-state index in [2.05, 4.69) is 15.6 Å². The Morgan fingerprint density at radius 2 is 2.00 bits per heavy atom. The first-order chi connectivity index (χ1) is 12.3. The molecule has 1 aliphatic rings. The Morgan fingerprint density at radius 1 is 1.23 bits per heavy atom. The minimum Gasteiger partial charge on any atom is -0.497 e. The fourth-order valence-electron chi connectivity index (χ4n) is 3.19. The normalized spacial score (nSPS) is 16.3. The van der Waals surface area contributed by atoms with Gasteiger partial charge in [-0.2, -0.15) is 0 Å². The number of methoxy groups -OCH3 is 1. The lowest BCUT2D eigenvalue weighted by atomic mass is 10.1. The van der Waals surface area contributed by atoms with Crippen LogP contribution in [0, 0.1) is 5.92 Å². The number of aromatic nitrogens is 2. The molecule has 26 heavy (non-hydrogen) atoms. The predicted octanol–water partition coefficient (Wildman–Crippen LogP) is 3.00. The quantitative estimate of drug-likeness (QED) is 0.738. The van der Waals surface area contributed by atoms with Crippen molar-refractivity contribution < 1.29 is 9.53 Å². The van der Waals surface area contributed by atoms with Gasteiger partial charge in [-0.15, -0.1) is 12.4 Å². The molecule has 3 aromatic rings. The van der Waals surface area contributed by atoms with Gasteiger partial charge in [-0.3, -0.25) is 14.7 Å². The van der Waals surface area contributed by atoms with Crippen LogP contribution in [0.1, 0.15) is 6.42 Å². The molecule has 0 radical (unpaired) electrons. The molecule has 7 heteroatoms. The Kier molecular flexibility index (Phi) is 5.44. The first-order valence-electron chi connectivity index (χ1n) is 8.40. The molecular weight excluding hydrogens is 352 g/mol. The highest BCUT2D eigenvalue weighted by molar-refractivity contribution is 5.94. The Balaban J connectivity index is 0.00000196. The summed E-state index contributed by atoms with van der Waals surface area (Å²) in [6.45, 7) is 1.60. The molecule has 2 N–H and O–H groups in total. The maximum Gasteiger partial charge on any atom is 0.231 e. The minimum atomic E-state index is -0.0101. The van der Waals surface area contributed by atoms with Crippen LogP contribution in [0.25, 0.3) is 16.7 Å². The average molecular weight is 373 g/mol. The Labute approximate surface area is 158 Å². The smallest absolute Gasteiger partial charge is 0.231 e. The molecule has 1 aromatic heterocycles. The monoisotopic (exact) mass is 372 g/mol. The molecule has 6 nitrogen and oxygen atoms in total. The number of amides is 1. The molecule has 0 saturated carbocycles. The summed E-state index contributed by atoms with van der Waals surface area (Å²) in [6.07, 6.45) is 0.856. The summed E-state index contributed by atoms with van der Waals surface area (Å²) in [5.74, 6) is 1.33. The third-order valence-corrected chi connectivity index (χ3v) is 4.56. The molecule has 0 spiro atoms. The molecule has 2 aromatic carbocycles. The third kappa shape index (κ3) is 3.38. The van der Waals surface area contributed by atoms with E-state index in [1.807, 2.05) is 53.1 Å². The zero-order chi connectivity index (χ0) is 17.2. The number of nitrogens with one attached hydrogen (secondary N) is 2. The van der Waals surface area contributed by atoms with Crippen LogP contribution in [0.4, 0.5) is 5.95 Å². The van der Waals surface area contributed by atoms with Crippen LogP contribution in [0.3, 0.4) is 0 Å². The number of hydrogen-bond donors (Lipinski definition) is 2. The van der Waals surface area contributed by atoms with Crippen molar-refractivity contribution in [1.82, 2.24) is 14.9 Å². The van der Waals surface area contributed by atoms with Crippen molar-refractivity contribution in [1.29, 1.82) is 0 Å². The van der Waals surface area contributed by atoms with Crippen LogP contribution in [0.5, 0.6) is 5.75 Å². The van der Waals surface area contributed by atoms with Crippen molar-refractivity contribution in [3.05, 3.63) is 48.5 Å². The third-order valence-electron chi connectivity index (χ3n) is 4.56. The standard InChI is InChI=1S/C19H20N4O2.ClH/c1-25-15-8-6-14(7-9-15)23-17-5-3-2-4-16(17)21-19(23)22-18(24)13-10-11-20-12-13;/h2-9,13,20H,10-12H2,1H3,(H,21,22,24);1H. The van der Waals surface area contributed by atoms with Crippen LogP contribution in [-0.4, -0.2) is 35.7 Å². The minimum absolute atomic E-state index is 0. The van der Waals surface area contributed by atoms with Crippen LogP contribution < -0.4 is 15.4 Å². The average Bonchev–Trinajstić information content (AvgIpc) is 3.29. The molecule has 0 bridgehead atoms. The lowest BCUT2D eigenvalue weighted by molar-refractivity contribution is -0.119. The van der Waals surface area contributed by atoms with Crippen LogP contribution in [-0.2, 0) is 4.79 Å². The summed E-state index contributed by atoms with van der Waals surface area (Å²) in [4.78, 5) is 17.2. The van der Waals surface area contributed by atoms with E-state index in [9.17, 15) is 4.79 Å². The van der Waals surface area contributed by atoms with Crippen molar-refractivity contribution in [2.24, 2.45) is 5.92 Å². The highest BCUT2D eigenvalue weighted by Gasteiger charge is 2.24. The van der Waals surface area contributed by atoms with Crippen molar-refractivity contribution in [2.45, 2.75) is 6.42 Å². The van der Waals surface area contributed by atoms with E-state index in [-0.39, 0.29) is 24.2 Å². The van der Waals surface area contributed by atoms with Crippen LogP contribution in [0.15, 0.2) is 48.5 Å². The van der Waals surface area contributed by atoms with Gasteiger partial charge in [-0.05, 0) is 49.4 Å². The molecule has 1 aliphatic heterocycles. The summed E-state index contributed by atoms with van der Waals surface area (Å²) < 4.78 is 7.20. The number of benzene rings is 2. The molecule has 136 valence electrons. The van der Waals surface area contributed by atoms with Crippen LogP contribution in [0.2, 0.25) is 0 Å². The molecular formula is C19H21ClN4O2. The van der Waals surface area contributed by atoms with Crippen molar-refractivity contribution in [3.63, 3.8) is 0 Å². The second-order valence-electron chi connectivity index (χ2n) is 6.14. The Hall–Kier alpha value is -2.57. The van der Waals surface area contributed by atoms with E-state index >= 15 is 0 Å². The SMILES string of the molecule is COc1ccc(-n2c(NC(=O)C3CCNC3)nc3ccccc32)cc1.Cl. The molecule has 1 amide bonds. The lowest BCUT2D eigenvalue weighted by Crippen LogP contribution is -2.26. The molecule has 2 heterocycles. The highest BCUT2D eigenvalue weighted by atomic mass is 35.5. The summed E-state index contributed by atoms with van der Waals surface area (Å²) in [5, 5.41) is 6.23. The number of carbonyl (C=O) groups excluding carboxylic acids is 1. The molecule has 0 aliphatic carbocycles. The number of imidazole rings is 1. The summed E-state index contributed by atoms with van der Waals surface area (Å²) >= 11 is 0. The maximum absolute atomic E-state index is 12.6. The fraction of sp³-hybridized carbons (Fsp3) is 0.263. The van der Waals surface area contributed by atoms with Gasteiger partial charge in [0.25, 0.3) is 0 Å². The van der Waals surface area contributed by atoms with E-state index in [0.29, 0.717) is 12.5 Å². The highest BCUT2D eigenvalue weighted by Crippen LogP contribution is 2.26. The summed E-state index contributed by atoms with van der Waals surface area (Å²) in [5.41, 5.74) is 2.72. The van der Waals surface area contributed by atoms with Gasteiger partial charge < -0.3 is 10.1 Å². The van der Waals surface area contributed by atoms with E-state index in [0.717, 1.165) is 35.4 Å². The molecule has 1 fully saturated rings. The second-order valence-corrected chi connectivity index (χ2v) is 6.14. The number of anilines is 1. The van der Waals surface area contributed by atoms with Crippen LogP contribution >= 0.6 is 12.4 Å². The van der Waals surface area contributed by atoms with E-state index in [4.69, 9.17) is 4.74 Å². The zero-order valence-corrected chi connectivity index (χ0v) is 15.3. The number of para-hydroxylation sites is 2. The Bertz CT molecular complexity index is 902. The zero-order valence-electron chi connectivity index (χ0n) is 14.4. The summed E-state index contributed by atoms with van der Waals surface area (Å²) in [6, 6.07) is 15.6. The van der Waals surface area contributed by atoms with Gasteiger partial charge in [0.05, 0.1) is 24.1 Å². The van der Waals surface area contributed by atoms with Crippen molar-refractivity contribution in [2.75, 3.05) is 25.5 Å². The first kappa shape index (κ1) is 18.2. The number of rotatable bonds is 4. The van der Waals surface area contributed by atoms with E-state index in [1.54, 1.807) is 7.11 Å². The number of carbonyl (C=O) groups is 1. The number of nitrogens with zero attached hydrogens (tertiary/aromatic N) is 2. The largest absolute Gasteiger partial charge is 0.497 e. The van der Waals surface area contributed by atoms with Gasteiger partial charge in [0.15, 0.2) is 0 Å². The first-order valence-corrected chi connectivity index (χ1v) is 8.40. The number of halogens is 1. The molecule has 1 atom stereocenters. The Morgan fingerprint density at radius 3 is 2.69 bits per heavy atom. The summed E-state index contributed by atoms with van der Waals surface area (Å²) in [7, 11) is 1.64. The van der Waals surface area contributed by atoms with Gasteiger partial charge in [0.1, 0.15) is 5.75 Å².